The van der Waals surface area contributed by atoms with Gasteiger partial charge in [0.2, 0.25) is 0 Å². The van der Waals surface area contributed by atoms with Crippen LogP contribution in [-0.4, -0.2) is 56.4 Å². The number of ether oxygens (including phenoxy) is 1. The van der Waals surface area contributed by atoms with E-state index < -0.39 is 41.4 Å². The van der Waals surface area contributed by atoms with Crippen molar-refractivity contribution < 1.29 is 30.0 Å². The average molecular weight is 405 g/mol. The van der Waals surface area contributed by atoms with Gasteiger partial charge in [-0.2, -0.15) is 0 Å². The number of hydrogen-bond acceptors (Lipinski definition) is 6. The zero-order valence-electron chi connectivity index (χ0n) is 17.3. The highest BCUT2D eigenvalue weighted by Gasteiger charge is 2.68. The van der Waals surface area contributed by atoms with Gasteiger partial charge in [-0.3, -0.25) is 4.79 Å². The van der Waals surface area contributed by atoms with Crippen molar-refractivity contribution in [3.8, 4) is 12.3 Å². The first-order chi connectivity index (χ1) is 13.5. The maximum atomic E-state index is 11.4. The normalized spacial score (nSPS) is 53.7. The number of fused-ring (bicyclic) bond motifs is 5. The topological polar surface area (TPSA) is 107 Å². The minimum atomic E-state index is -1.60. The molecule has 0 spiro atoms. The van der Waals surface area contributed by atoms with E-state index in [0.717, 1.165) is 12.0 Å². The molecule has 6 heteroatoms. The van der Waals surface area contributed by atoms with Crippen LogP contribution in [0.2, 0.25) is 0 Å². The Labute approximate surface area is 172 Å². The molecule has 4 aliphatic rings. The van der Waals surface area contributed by atoms with E-state index >= 15 is 0 Å². The molecule has 0 amide bonds. The van der Waals surface area contributed by atoms with Crippen LogP contribution in [0.1, 0.15) is 52.9 Å². The smallest absolute Gasteiger partial charge is 0.303 e. The molecular weight excluding hydrogens is 372 g/mol. The molecule has 0 radical (unpaired) electrons. The first-order valence-electron chi connectivity index (χ1n) is 10.6. The first kappa shape index (κ1) is 20.9. The van der Waals surface area contributed by atoms with Gasteiger partial charge in [-0.15, -0.1) is 6.42 Å². The molecular formula is C23H32O6. The molecule has 0 bridgehead atoms. The maximum Gasteiger partial charge on any atom is 0.303 e. The van der Waals surface area contributed by atoms with Gasteiger partial charge in [-0.25, -0.2) is 0 Å². The van der Waals surface area contributed by atoms with Crippen LogP contribution < -0.4 is 0 Å². The summed E-state index contributed by atoms with van der Waals surface area (Å²) in [5.74, 6) is 1.85. The molecule has 4 aliphatic carbocycles. The van der Waals surface area contributed by atoms with Gasteiger partial charge in [0.15, 0.2) is 5.60 Å². The monoisotopic (exact) mass is 404 g/mol. The molecule has 4 N–H and O–H groups in total. The lowest BCUT2D eigenvalue weighted by atomic mass is 9.46. The Morgan fingerprint density at radius 3 is 2.59 bits per heavy atom. The summed E-state index contributed by atoms with van der Waals surface area (Å²) in [6, 6.07) is 0. The summed E-state index contributed by atoms with van der Waals surface area (Å²) >= 11 is 0. The first-order valence-corrected chi connectivity index (χ1v) is 10.6. The van der Waals surface area contributed by atoms with Crippen molar-refractivity contribution in [2.75, 3.05) is 0 Å². The van der Waals surface area contributed by atoms with Gasteiger partial charge in [-0.05, 0) is 48.9 Å². The van der Waals surface area contributed by atoms with Crippen LogP contribution in [-0.2, 0) is 9.53 Å². The number of terminal acetylenes is 1. The van der Waals surface area contributed by atoms with Crippen molar-refractivity contribution in [3.63, 3.8) is 0 Å². The van der Waals surface area contributed by atoms with E-state index in [0.29, 0.717) is 25.7 Å². The summed E-state index contributed by atoms with van der Waals surface area (Å²) in [5, 5.41) is 43.5. The van der Waals surface area contributed by atoms with E-state index in [9.17, 15) is 25.2 Å². The molecule has 0 aromatic heterocycles. The molecule has 29 heavy (non-hydrogen) atoms. The molecule has 3 saturated carbocycles. The van der Waals surface area contributed by atoms with Crippen LogP contribution >= 0.6 is 0 Å². The lowest BCUT2D eigenvalue weighted by Gasteiger charge is -2.59. The maximum absolute atomic E-state index is 11.4. The van der Waals surface area contributed by atoms with Crippen molar-refractivity contribution >= 4 is 5.97 Å². The second kappa shape index (κ2) is 6.55. The third-order valence-electron chi connectivity index (χ3n) is 8.89. The molecule has 3 fully saturated rings. The second-order valence-electron chi connectivity index (χ2n) is 10.1. The standard InChI is InChI=1S/C23H32O6/c1-5-23(28)19(27)10-15-20-14(6-7-22(15,23)4)21(3)11-17(26)18(29-12(2)24)9-13(21)8-16(20)25/h1,8,14-20,25-28H,6-7,9-11H2,2-4H3/t14-,15+,16?,17?,18?,19?,20-,21+,22+,23?/m1/s1. The van der Waals surface area contributed by atoms with Crippen LogP contribution in [0.5, 0.6) is 0 Å². The summed E-state index contributed by atoms with van der Waals surface area (Å²) in [6.07, 6.45) is 7.02. The Morgan fingerprint density at radius 1 is 1.28 bits per heavy atom. The quantitative estimate of drug-likeness (QED) is 0.297. The number of aliphatic hydroxyl groups is 4. The van der Waals surface area contributed by atoms with Crippen LogP contribution in [0.3, 0.4) is 0 Å². The van der Waals surface area contributed by atoms with Gasteiger partial charge in [0, 0.05) is 18.8 Å². The third kappa shape index (κ3) is 2.68. The predicted octanol–water partition coefficient (Wildman–Crippen LogP) is 1.16. The zero-order valence-corrected chi connectivity index (χ0v) is 17.3. The Balaban J connectivity index is 1.71. The summed E-state index contributed by atoms with van der Waals surface area (Å²) < 4.78 is 5.31. The summed E-state index contributed by atoms with van der Waals surface area (Å²) in [7, 11) is 0. The van der Waals surface area contributed by atoms with E-state index in [1.54, 1.807) is 0 Å². The second-order valence-corrected chi connectivity index (χ2v) is 10.1. The fraction of sp³-hybridized carbons (Fsp3) is 0.783. The fourth-order valence-corrected chi connectivity index (χ4v) is 7.28. The SMILES string of the molecule is C#CC1(O)C(O)C[C@H]2[C@@H]3C(O)C=C4CC(OC(C)=O)C(O)C[C@]4(C)[C@@H]3CC[C@@]21C. The van der Waals surface area contributed by atoms with Crippen LogP contribution in [0.15, 0.2) is 11.6 Å². The van der Waals surface area contributed by atoms with Gasteiger partial charge < -0.3 is 25.2 Å². The Bertz CT molecular complexity index is 785. The van der Waals surface area contributed by atoms with Gasteiger partial charge in [-0.1, -0.05) is 31.4 Å². The third-order valence-corrected chi connectivity index (χ3v) is 8.89. The lowest BCUT2D eigenvalue weighted by molar-refractivity contribution is -0.163. The summed E-state index contributed by atoms with van der Waals surface area (Å²) in [4.78, 5) is 11.4. The highest BCUT2D eigenvalue weighted by molar-refractivity contribution is 5.66. The van der Waals surface area contributed by atoms with E-state index in [1.165, 1.54) is 6.92 Å². The number of aliphatic hydroxyl groups excluding tert-OH is 3. The van der Waals surface area contributed by atoms with Crippen molar-refractivity contribution in [2.24, 2.45) is 28.6 Å². The predicted molar refractivity (Wildman–Crippen MR) is 105 cm³/mol. The van der Waals surface area contributed by atoms with Crippen molar-refractivity contribution in [2.45, 2.75) is 82.9 Å². The fourth-order valence-electron chi connectivity index (χ4n) is 7.28. The molecule has 0 heterocycles. The van der Waals surface area contributed by atoms with Gasteiger partial charge in [0.1, 0.15) is 6.10 Å². The molecule has 6 nitrogen and oxygen atoms in total. The molecule has 0 aromatic carbocycles. The highest BCUT2D eigenvalue weighted by Crippen LogP contribution is 2.67. The number of carbonyl (C=O) groups is 1. The molecule has 160 valence electrons. The summed E-state index contributed by atoms with van der Waals surface area (Å²) in [5.41, 5.74) is -1.57. The van der Waals surface area contributed by atoms with Crippen molar-refractivity contribution in [3.05, 3.63) is 11.6 Å². The number of carbonyl (C=O) groups excluding carboxylic acids is 1. The largest absolute Gasteiger partial charge is 0.459 e. The molecule has 0 aliphatic heterocycles. The molecule has 10 atom stereocenters. The molecule has 0 aromatic rings. The average Bonchev–Trinajstić information content (AvgIpc) is 2.84. The van der Waals surface area contributed by atoms with Gasteiger partial charge in [0.05, 0.1) is 18.3 Å². The zero-order chi connectivity index (χ0) is 21.4. The molecule has 0 saturated heterocycles. The van der Waals surface area contributed by atoms with Crippen LogP contribution in [0.4, 0.5) is 0 Å². The van der Waals surface area contributed by atoms with E-state index in [1.807, 2.05) is 13.0 Å². The molecule has 4 rings (SSSR count). The van der Waals surface area contributed by atoms with Crippen LogP contribution in [0, 0.1) is 40.9 Å². The Morgan fingerprint density at radius 2 is 1.97 bits per heavy atom. The van der Waals surface area contributed by atoms with Crippen molar-refractivity contribution in [1.29, 1.82) is 0 Å². The highest BCUT2D eigenvalue weighted by atomic mass is 16.6. The number of esters is 1. The summed E-state index contributed by atoms with van der Waals surface area (Å²) in [6.45, 7) is 5.39. The number of rotatable bonds is 1. The van der Waals surface area contributed by atoms with Gasteiger partial charge >= 0.3 is 5.97 Å². The van der Waals surface area contributed by atoms with E-state index in [2.05, 4.69) is 12.8 Å². The Kier molecular flexibility index (Phi) is 4.71. The van der Waals surface area contributed by atoms with E-state index in [4.69, 9.17) is 11.2 Å². The minimum Gasteiger partial charge on any atom is -0.459 e. The van der Waals surface area contributed by atoms with Crippen molar-refractivity contribution in [1.82, 2.24) is 0 Å². The van der Waals surface area contributed by atoms with E-state index in [-0.39, 0.29) is 23.2 Å². The van der Waals surface area contributed by atoms with Gasteiger partial charge in [0.25, 0.3) is 0 Å². The minimum absolute atomic E-state index is 0.0934. The van der Waals surface area contributed by atoms with Crippen LogP contribution in [0.25, 0.3) is 0 Å². The number of hydrogen-bond donors (Lipinski definition) is 4. The molecule has 5 unspecified atom stereocenters. The Hall–Kier alpha value is -1.39. The lowest BCUT2D eigenvalue weighted by Crippen LogP contribution is -2.59.